The molecule has 1 amide bonds. The standard InChI is InChI=1S/C27H23F2N5O2/c1-3-7-23(35)33(2)17-14-18(15-17)34-22-10-11-31-27(30)24(22)25(32-34)16-12-20(28)26(21(29)13-16)36-19-8-5-4-6-9-19/h4-6,8-13,17-18H,14-15H2,1-2H3,(H2,30,31)/t17-,18+. The number of aromatic nitrogens is 3. The van der Waals surface area contributed by atoms with Crippen LogP contribution in [0.5, 0.6) is 11.5 Å². The van der Waals surface area contributed by atoms with Gasteiger partial charge < -0.3 is 15.4 Å². The molecular formula is C27H23F2N5O2. The highest BCUT2D eigenvalue weighted by Gasteiger charge is 2.37. The molecule has 1 aliphatic rings. The number of nitrogen functional groups attached to an aromatic ring is 1. The number of nitrogens with zero attached hydrogens (tertiary/aromatic N) is 4. The maximum Gasteiger partial charge on any atom is 0.298 e. The predicted molar refractivity (Wildman–Crippen MR) is 132 cm³/mol. The molecule has 182 valence electrons. The third-order valence-corrected chi connectivity index (χ3v) is 6.42. The van der Waals surface area contributed by atoms with Crippen molar-refractivity contribution < 1.29 is 18.3 Å². The van der Waals surface area contributed by atoms with Crippen molar-refractivity contribution in [2.24, 2.45) is 0 Å². The summed E-state index contributed by atoms with van der Waals surface area (Å²) in [6.07, 6.45) is 2.90. The van der Waals surface area contributed by atoms with Crippen LogP contribution in [-0.4, -0.2) is 38.7 Å². The first-order chi connectivity index (χ1) is 17.4. The van der Waals surface area contributed by atoms with Crippen LogP contribution in [0.4, 0.5) is 14.6 Å². The second kappa shape index (κ2) is 9.30. The van der Waals surface area contributed by atoms with E-state index in [0.717, 1.165) is 0 Å². The molecule has 5 rings (SSSR count). The van der Waals surface area contributed by atoms with Gasteiger partial charge in [0, 0.05) is 24.8 Å². The molecule has 0 aliphatic heterocycles. The van der Waals surface area contributed by atoms with Gasteiger partial charge in [-0.3, -0.25) is 9.48 Å². The second-order valence-corrected chi connectivity index (χ2v) is 8.64. The van der Waals surface area contributed by atoms with Gasteiger partial charge in [-0.25, -0.2) is 13.8 Å². The Kier molecular flexibility index (Phi) is 6.02. The smallest absolute Gasteiger partial charge is 0.298 e. The average Bonchev–Trinajstić information content (AvgIpc) is 3.22. The summed E-state index contributed by atoms with van der Waals surface area (Å²) in [7, 11) is 1.73. The Morgan fingerprint density at radius 3 is 2.53 bits per heavy atom. The average molecular weight is 488 g/mol. The molecule has 1 aliphatic carbocycles. The summed E-state index contributed by atoms with van der Waals surface area (Å²) in [4.78, 5) is 17.9. The first-order valence-electron chi connectivity index (χ1n) is 11.4. The molecule has 4 aromatic rings. The van der Waals surface area contributed by atoms with Crippen LogP contribution in [0.1, 0.15) is 25.8 Å². The number of ether oxygens (including phenoxy) is 1. The molecule has 9 heteroatoms. The molecule has 1 fully saturated rings. The molecule has 0 bridgehead atoms. The van der Waals surface area contributed by atoms with E-state index in [0.29, 0.717) is 35.2 Å². The van der Waals surface area contributed by atoms with E-state index in [2.05, 4.69) is 16.8 Å². The molecule has 0 radical (unpaired) electrons. The topological polar surface area (TPSA) is 86.3 Å². The van der Waals surface area contributed by atoms with Crippen molar-refractivity contribution in [2.45, 2.75) is 31.8 Å². The van der Waals surface area contributed by atoms with Crippen LogP contribution in [0.25, 0.3) is 22.2 Å². The molecule has 2 N–H and O–H groups in total. The lowest BCUT2D eigenvalue weighted by atomic mass is 9.85. The lowest BCUT2D eigenvalue weighted by Crippen LogP contribution is -2.46. The Hall–Kier alpha value is -4.45. The van der Waals surface area contributed by atoms with Crippen LogP contribution >= 0.6 is 0 Å². The molecule has 7 nitrogen and oxygen atoms in total. The molecule has 36 heavy (non-hydrogen) atoms. The summed E-state index contributed by atoms with van der Waals surface area (Å²) >= 11 is 0. The number of carbonyl (C=O) groups excluding carboxylic acids is 1. The van der Waals surface area contributed by atoms with Crippen molar-refractivity contribution in [1.82, 2.24) is 19.7 Å². The Labute approximate surface area is 206 Å². The highest BCUT2D eigenvalue weighted by atomic mass is 19.1. The number of nitrogens with two attached hydrogens (primary N) is 1. The number of anilines is 1. The molecular weight excluding hydrogens is 464 g/mol. The zero-order valence-electron chi connectivity index (χ0n) is 19.7. The molecule has 0 unspecified atom stereocenters. The van der Waals surface area contributed by atoms with Crippen molar-refractivity contribution in [1.29, 1.82) is 0 Å². The minimum Gasteiger partial charge on any atom is -0.451 e. The fourth-order valence-electron chi connectivity index (χ4n) is 4.43. The summed E-state index contributed by atoms with van der Waals surface area (Å²) in [5.41, 5.74) is 7.42. The normalized spacial score (nSPS) is 16.7. The summed E-state index contributed by atoms with van der Waals surface area (Å²) in [6.45, 7) is 1.62. The fourth-order valence-corrected chi connectivity index (χ4v) is 4.43. The summed E-state index contributed by atoms with van der Waals surface area (Å²) in [5.74, 6) is 3.25. The second-order valence-electron chi connectivity index (χ2n) is 8.64. The number of rotatable bonds is 5. The molecule has 2 heterocycles. The first-order valence-corrected chi connectivity index (χ1v) is 11.4. The zero-order valence-corrected chi connectivity index (χ0v) is 19.7. The highest BCUT2D eigenvalue weighted by molar-refractivity contribution is 6.00. The molecule has 0 saturated heterocycles. The van der Waals surface area contributed by atoms with Crippen LogP contribution in [0, 0.1) is 23.5 Å². The van der Waals surface area contributed by atoms with Crippen LogP contribution < -0.4 is 10.5 Å². The summed E-state index contributed by atoms with van der Waals surface area (Å²) < 4.78 is 37.2. The first kappa shape index (κ1) is 23.3. The molecule has 0 atom stereocenters. The minimum atomic E-state index is -0.861. The number of fused-ring (bicyclic) bond motifs is 1. The SMILES string of the molecule is CC#CC(=O)N(C)[C@H]1C[C@@H](n2nc(-c3cc(F)c(Oc4ccccc4)c(F)c3)c3c(N)nccc32)C1. The Morgan fingerprint density at radius 2 is 1.86 bits per heavy atom. The van der Waals surface area contributed by atoms with Crippen LogP contribution in [-0.2, 0) is 4.79 Å². The lowest BCUT2D eigenvalue weighted by molar-refractivity contribution is -0.128. The number of hydrogen-bond acceptors (Lipinski definition) is 5. The van der Waals surface area contributed by atoms with Crippen molar-refractivity contribution in [3.8, 4) is 34.6 Å². The zero-order chi connectivity index (χ0) is 25.4. The van der Waals surface area contributed by atoms with Gasteiger partial charge in [0.15, 0.2) is 17.4 Å². The molecule has 1 saturated carbocycles. The van der Waals surface area contributed by atoms with E-state index >= 15 is 8.78 Å². The van der Waals surface area contributed by atoms with Crippen LogP contribution in [0.3, 0.4) is 0 Å². The Balaban J connectivity index is 1.49. The van der Waals surface area contributed by atoms with Gasteiger partial charge in [0.1, 0.15) is 17.3 Å². The van der Waals surface area contributed by atoms with Gasteiger partial charge >= 0.3 is 0 Å². The largest absolute Gasteiger partial charge is 0.451 e. The Bertz CT molecular complexity index is 1490. The minimum absolute atomic E-state index is 0.0201. The van der Waals surface area contributed by atoms with Gasteiger partial charge in [-0.2, -0.15) is 5.10 Å². The van der Waals surface area contributed by atoms with Gasteiger partial charge in [-0.1, -0.05) is 24.1 Å². The van der Waals surface area contributed by atoms with E-state index in [4.69, 9.17) is 15.6 Å². The molecule has 2 aromatic heterocycles. The van der Waals surface area contributed by atoms with Gasteiger partial charge in [-0.05, 0) is 56.0 Å². The quantitative estimate of drug-likeness (QED) is 0.403. The Morgan fingerprint density at radius 1 is 1.17 bits per heavy atom. The van der Waals surface area contributed by atoms with E-state index in [-0.39, 0.29) is 29.4 Å². The van der Waals surface area contributed by atoms with E-state index in [1.165, 1.54) is 12.1 Å². The third-order valence-electron chi connectivity index (χ3n) is 6.42. The van der Waals surface area contributed by atoms with E-state index in [1.54, 1.807) is 66.1 Å². The summed E-state index contributed by atoms with van der Waals surface area (Å²) in [6, 6.07) is 12.6. The third kappa shape index (κ3) is 4.11. The van der Waals surface area contributed by atoms with Crippen LogP contribution in [0.2, 0.25) is 0 Å². The maximum atomic E-state index is 15.0. The van der Waals surface area contributed by atoms with Crippen molar-refractivity contribution in [3.05, 3.63) is 66.4 Å². The van der Waals surface area contributed by atoms with Gasteiger partial charge in [0.25, 0.3) is 5.91 Å². The number of hydrogen-bond donors (Lipinski definition) is 1. The van der Waals surface area contributed by atoms with Crippen LogP contribution in [0.15, 0.2) is 54.7 Å². The van der Waals surface area contributed by atoms with Crippen molar-refractivity contribution in [3.63, 3.8) is 0 Å². The van der Waals surface area contributed by atoms with Gasteiger partial charge in [-0.15, -0.1) is 0 Å². The predicted octanol–water partition coefficient (Wildman–Crippen LogP) is 4.94. The van der Waals surface area contributed by atoms with E-state index in [9.17, 15) is 4.79 Å². The lowest BCUT2D eigenvalue weighted by Gasteiger charge is -2.40. The van der Waals surface area contributed by atoms with Crippen molar-refractivity contribution >= 4 is 22.6 Å². The number of benzene rings is 2. The fraction of sp³-hybridized carbons (Fsp3) is 0.222. The number of pyridine rings is 1. The number of halogens is 2. The number of para-hydroxylation sites is 1. The number of amides is 1. The maximum absolute atomic E-state index is 15.0. The highest BCUT2D eigenvalue weighted by Crippen LogP contribution is 2.41. The van der Waals surface area contributed by atoms with Gasteiger partial charge in [0.2, 0.25) is 0 Å². The molecule has 2 aromatic carbocycles. The molecule has 0 spiro atoms. The van der Waals surface area contributed by atoms with E-state index in [1.807, 2.05) is 0 Å². The van der Waals surface area contributed by atoms with Crippen molar-refractivity contribution in [2.75, 3.05) is 12.8 Å². The van der Waals surface area contributed by atoms with E-state index < -0.39 is 17.4 Å². The monoisotopic (exact) mass is 487 g/mol. The number of carbonyl (C=O) groups is 1. The summed E-state index contributed by atoms with van der Waals surface area (Å²) in [5, 5.41) is 5.22. The van der Waals surface area contributed by atoms with Gasteiger partial charge in [0.05, 0.1) is 16.9 Å².